The second-order valence-electron chi connectivity index (χ2n) is 13.5. The molecule has 2 amide bonds. The Balaban J connectivity index is 1.46. The van der Waals surface area contributed by atoms with Crippen molar-refractivity contribution in [1.82, 2.24) is 10.2 Å². The smallest absolute Gasteiger partial charge is 0.341 e. The summed E-state index contributed by atoms with van der Waals surface area (Å²) in [6.45, 7) is -0.0440. The van der Waals surface area contributed by atoms with Gasteiger partial charge >= 0.3 is 5.97 Å². The van der Waals surface area contributed by atoms with Crippen molar-refractivity contribution in [1.29, 1.82) is 0 Å². The second-order valence-corrected chi connectivity index (χ2v) is 13.5. The average Bonchev–Trinajstić information content (AvgIpc) is 3.21. The van der Waals surface area contributed by atoms with Gasteiger partial charge in [-0.3, -0.25) is 9.59 Å². The van der Waals surface area contributed by atoms with Gasteiger partial charge in [0.15, 0.2) is 29.6 Å². The fourth-order valence-electron chi connectivity index (χ4n) is 7.52. The number of carboxylic acids is 1. The van der Waals surface area contributed by atoms with Crippen LogP contribution in [0.1, 0.15) is 73.6 Å². The van der Waals surface area contributed by atoms with E-state index in [9.17, 15) is 19.5 Å². The van der Waals surface area contributed by atoms with E-state index in [-0.39, 0.29) is 17.7 Å². The maximum Gasteiger partial charge on any atom is 0.341 e. The monoisotopic (exact) mass is 744 g/mol. The van der Waals surface area contributed by atoms with Crippen LogP contribution in [0.5, 0.6) is 34.5 Å². The third kappa shape index (κ3) is 9.58. The van der Waals surface area contributed by atoms with E-state index in [1.165, 1.54) is 0 Å². The molecule has 1 fully saturated rings. The number of nitrogens with one attached hydrogen (secondary N) is 1. The molecule has 3 aromatic rings. The van der Waals surface area contributed by atoms with Crippen LogP contribution >= 0.6 is 0 Å². The fourth-order valence-corrected chi connectivity index (χ4v) is 7.52. The van der Waals surface area contributed by atoms with Crippen LogP contribution in [0.4, 0.5) is 0 Å². The van der Waals surface area contributed by atoms with Crippen molar-refractivity contribution in [2.24, 2.45) is 5.92 Å². The van der Waals surface area contributed by atoms with Gasteiger partial charge in [0.1, 0.15) is 11.8 Å². The molecule has 1 saturated heterocycles. The third-order valence-corrected chi connectivity index (χ3v) is 10.2. The van der Waals surface area contributed by atoms with Crippen molar-refractivity contribution in [3.05, 3.63) is 83.4 Å². The van der Waals surface area contributed by atoms with E-state index >= 15 is 0 Å². The lowest BCUT2D eigenvalue weighted by atomic mass is 9.78. The number of carbonyl (C=O) groups is 3. The molecule has 12 heteroatoms. The largest absolute Gasteiger partial charge is 0.493 e. The Morgan fingerprint density at radius 1 is 0.815 bits per heavy atom. The number of hydrogen-bond acceptors (Lipinski definition) is 9. The van der Waals surface area contributed by atoms with Crippen molar-refractivity contribution in [2.75, 3.05) is 48.7 Å². The van der Waals surface area contributed by atoms with E-state index < -0.39 is 30.6 Å². The van der Waals surface area contributed by atoms with Crippen LogP contribution in [0.15, 0.2) is 66.7 Å². The number of nitrogens with zero attached hydrogens (tertiary/aromatic N) is 1. The van der Waals surface area contributed by atoms with E-state index in [0.717, 1.165) is 48.8 Å². The maximum absolute atomic E-state index is 14.9. The Hall–Kier alpha value is -5.39. The lowest BCUT2D eigenvalue weighted by molar-refractivity contribution is -0.144. The zero-order valence-corrected chi connectivity index (χ0v) is 31.8. The van der Waals surface area contributed by atoms with E-state index in [1.54, 1.807) is 58.6 Å². The van der Waals surface area contributed by atoms with Gasteiger partial charge in [-0.2, -0.15) is 0 Å². The Kier molecular flexibility index (Phi) is 14.1. The molecule has 12 nitrogen and oxygen atoms in total. The Morgan fingerprint density at radius 3 is 2.20 bits per heavy atom. The molecule has 2 aliphatic rings. The first-order valence-corrected chi connectivity index (χ1v) is 18.4. The molecule has 2 N–H and O–H groups in total. The number of allylic oxidation sites excluding steroid dienone is 2. The van der Waals surface area contributed by atoms with Gasteiger partial charge in [0.25, 0.3) is 0 Å². The molecule has 0 saturated carbocycles. The van der Waals surface area contributed by atoms with Gasteiger partial charge in [-0.05, 0) is 110 Å². The van der Waals surface area contributed by atoms with Crippen molar-refractivity contribution in [3.8, 4) is 34.5 Å². The number of carboxylic acid groups (broad SMARTS) is 1. The Morgan fingerprint density at radius 2 is 1.56 bits per heavy atom. The lowest BCUT2D eigenvalue weighted by Crippen LogP contribution is -2.54. The topological polar surface area (TPSA) is 142 Å². The normalized spacial score (nSPS) is 17.8. The summed E-state index contributed by atoms with van der Waals surface area (Å²) in [5.41, 5.74) is 2.47. The Labute approximate surface area is 317 Å². The van der Waals surface area contributed by atoms with Gasteiger partial charge in [-0.25, -0.2) is 4.79 Å². The van der Waals surface area contributed by atoms with Gasteiger partial charge in [0.2, 0.25) is 17.6 Å². The van der Waals surface area contributed by atoms with Crippen LogP contribution in [0.3, 0.4) is 0 Å². The zero-order valence-electron chi connectivity index (χ0n) is 31.8. The van der Waals surface area contributed by atoms with E-state index in [4.69, 9.17) is 28.4 Å². The molecule has 0 radical (unpaired) electrons. The summed E-state index contributed by atoms with van der Waals surface area (Å²) in [4.78, 5) is 42.4. The summed E-state index contributed by atoms with van der Waals surface area (Å²) in [5.74, 6) is 0.851. The van der Waals surface area contributed by atoms with Gasteiger partial charge in [0.05, 0.1) is 47.5 Å². The maximum atomic E-state index is 14.9. The van der Waals surface area contributed by atoms with Crippen LogP contribution in [-0.4, -0.2) is 82.5 Å². The molecule has 1 heterocycles. The number of aliphatic carboxylic acids is 1. The molecular weight excluding hydrogens is 692 g/mol. The lowest BCUT2D eigenvalue weighted by Gasteiger charge is -2.39. The van der Waals surface area contributed by atoms with Crippen molar-refractivity contribution in [3.63, 3.8) is 0 Å². The van der Waals surface area contributed by atoms with Gasteiger partial charge in [-0.15, -0.1) is 0 Å². The van der Waals surface area contributed by atoms with Crippen LogP contribution in [0.2, 0.25) is 0 Å². The Bertz CT molecular complexity index is 1770. The van der Waals surface area contributed by atoms with Crippen molar-refractivity contribution < 1.29 is 47.9 Å². The number of aryl methyl sites for hydroxylation is 1. The average molecular weight is 745 g/mol. The van der Waals surface area contributed by atoms with Crippen molar-refractivity contribution in [2.45, 2.75) is 69.4 Å². The highest BCUT2D eigenvalue weighted by Crippen LogP contribution is 2.44. The molecule has 5 rings (SSSR count). The summed E-state index contributed by atoms with van der Waals surface area (Å²) < 4.78 is 33.4. The molecule has 290 valence electrons. The number of piperidine rings is 1. The highest BCUT2D eigenvalue weighted by Gasteiger charge is 2.40. The van der Waals surface area contributed by atoms with Gasteiger partial charge in [0, 0.05) is 6.54 Å². The highest BCUT2D eigenvalue weighted by molar-refractivity contribution is 5.91. The molecule has 0 bridgehead atoms. The molecular formula is C42H52N2O10. The molecule has 1 aliphatic heterocycles. The number of carbonyl (C=O) groups excluding carboxylic acids is 2. The molecule has 0 spiro atoms. The predicted molar refractivity (Wildman–Crippen MR) is 203 cm³/mol. The van der Waals surface area contributed by atoms with E-state index in [1.807, 2.05) is 36.4 Å². The number of hydrogen-bond donors (Lipinski definition) is 2. The first kappa shape index (κ1) is 39.8. The molecule has 0 aromatic heterocycles. The number of methoxy groups -OCH3 is 5. The summed E-state index contributed by atoms with van der Waals surface area (Å²) in [7, 11) is 7.82. The number of benzene rings is 3. The standard InChI is InChI=1S/C42H52N2O10/c1-49-34-20-18-27(22-35(34)50-2)17-19-32(29-14-11-15-31(23-29)54-26-38(45)46)43-41(47)33-16-9-10-21-44(33)42(48)39(28-12-7-6-8-13-28)30-24-36(51-3)40(53-5)37(25-30)52-4/h7,11-12,14-15,18,20,22-25,28,32-33,39H,6,8-10,13,16-17,19,21,26H2,1-5H3,(H,43,47)(H,45,46)/t28-,32?,33-,39?/m0/s1. The predicted octanol–water partition coefficient (Wildman–Crippen LogP) is 6.50. The number of likely N-dealkylation sites (tertiary alicyclic amines) is 1. The second kappa shape index (κ2) is 19.1. The quantitative estimate of drug-likeness (QED) is 0.147. The number of ether oxygens (including phenoxy) is 6. The van der Waals surface area contributed by atoms with Gasteiger partial charge < -0.3 is 43.7 Å². The fraction of sp³-hybridized carbons (Fsp3) is 0.452. The first-order valence-electron chi connectivity index (χ1n) is 18.4. The minimum atomic E-state index is -1.09. The summed E-state index contributed by atoms with van der Waals surface area (Å²) >= 11 is 0. The van der Waals surface area contributed by atoms with Crippen molar-refractivity contribution >= 4 is 17.8 Å². The summed E-state index contributed by atoms with van der Waals surface area (Å²) in [6.07, 6.45) is 10.2. The minimum Gasteiger partial charge on any atom is -0.493 e. The van der Waals surface area contributed by atoms with Crippen LogP contribution in [0, 0.1) is 5.92 Å². The summed E-state index contributed by atoms with van der Waals surface area (Å²) in [6, 6.07) is 15.3. The molecule has 1 aliphatic carbocycles. The molecule has 3 aromatic carbocycles. The third-order valence-electron chi connectivity index (χ3n) is 10.2. The van der Waals surface area contributed by atoms with E-state index in [0.29, 0.717) is 60.3 Å². The number of amides is 2. The zero-order chi connectivity index (χ0) is 38.6. The van der Waals surface area contributed by atoms with Crippen LogP contribution in [-0.2, 0) is 20.8 Å². The van der Waals surface area contributed by atoms with E-state index in [2.05, 4.69) is 17.5 Å². The highest BCUT2D eigenvalue weighted by atomic mass is 16.5. The van der Waals surface area contributed by atoms with Gasteiger partial charge in [-0.1, -0.05) is 30.4 Å². The molecule has 4 atom stereocenters. The minimum absolute atomic E-state index is 0.0810. The summed E-state index contributed by atoms with van der Waals surface area (Å²) in [5, 5.41) is 12.5. The number of rotatable bonds is 17. The molecule has 2 unspecified atom stereocenters. The molecule has 54 heavy (non-hydrogen) atoms. The van der Waals surface area contributed by atoms with Crippen LogP contribution < -0.4 is 33.7 Å². The van der Waals surface area contributed by atoms with Crippen LogP contribution in [0.25, 0.3) is 0 Å². The SMILES string of the molecule is COc1ccc(CCC(NC(=O)[C@@H]2CCCCN2C(=O)C(c2cc(OC)c(OC)c(OC)c2)[C@H]2C=CCCC2)c2cccc(OCC(=O)O)c2)cc1OC. The first-order chi connectivity index (χ1) is 26.2.